The molecule has 0 unspecified atom stereocenters. The number of nitrogens with one attached hydrogen (secondary N) is 1. The Labute approximate surface area is 127 Å². The Morgan fingerprint density at radius 1 is 1.19 bits per heavy atom. The molecule has 21 heavy (non-hydrogen) atoms. The molecule has 0 aliphatic heterocycles. The average molecular weight is 287 g/mol. The van der Waals surface area contributed by atoms with Crippen LogP contribution >= 0.6 is 0 Å². The van der Waals surface area contributed by atoms with Crippen molar-refractivity contribution in [1.82, 2.24) is 25.2 Å². The average Bonchev–Trinajstić information content (AvgIpc) is 2.98. The van der Waals surface area contributed by atoms with Crippen LogP contribution in [0.5, 0.6) is 0 Å². The fourth-order valence-corrected chi connectivity index (χ4v) is 2.13. The highest BCUT2D eigenvalue weighted by molar-refractivity contribution is 5.14. The molecule has 1 aromatic carbocycles. The summed E-state index contributed by atoms with van der Waals surface area (Å²) in [4.78, 5) is 2.33. The first-order chi connectivity index (χ1) is 10.3. The molecule has 1 heterocycles. The molecule has 114 valence electrons. The standard InChI is InChI=1S/C16H25N5/c1-3-17-13-16-14-21(19-18-16)12-11-20(2)10-9-15-7-5-4-6-8-15/h4-8,14,17H,3,9-13H2,1-2H3. The van der Waals surface area contributed by atoms with Gasteiger partial charge in [-0.2, -0.15) is 0 Å². The first kappa shape index (κ1) is 15.7. The molecule has 0 spiro atoms. The van der Waals surface area contributed by atoms with Gasteiger partial charge in [0.15, 0.2) is 0 Å². The van der Waals surface area contributed by atoms with Crippen LogP contribution in [-0.2, 0) is 19.5 Å². The molecule has 0 saturated carbocycles. The van der Waals surface area contributed by atoms with Crippen molar-refractivity contribution in [3.8, 4) is 0 Å². The number of hydrogen-bond donors (Lipinski definition) is 1. The topological polar surface area (TPSA) is 46.0 Å². The largest absolute Gasteiger partial charge is 0.311 e. The van der Waals surface area contributed by atoms with E-state index in [0.717, 1.165) is 44.8 Å². The maximum atomic E-state index is 4.16. The summed E-state index contributed by atoms with van der Waals surface area (Å²) in [6.07, 6.45) is 3.11. The molecule has 1 aromatic heterocycles. The number of benzene rings is 1. The molecule has 0 fully saturated rings. The van der Waals surface area contributed by atoms with E-state index in [0.29, 0.717) is 0 Å². The third-order valence-electron chi connectivity index (χ3n) is 3.48. The minimum absolute atomic E-state index is 0.792. The second kappa shape index (κ2) is 8.54. The van der Waals surface area contributed by atoms with Gasteiger partial charge in [-0.3, -0.25) is 4.68 Å². The number of hydrogen-bond acceptors (Lipinski definition) is 4. The van der Waals surface area contributed by atoms with E-state index in [-0.39, 0.29) is 0 Å². The third kappa shape index (κ3) is 5.65. The van der Waals surface area contributed by atoms with Crippen LogP contribution in [0, 0.1) is 0 Å². The quantitative estimate of drug-likeness (QED) is 0.760. The number of likely N-dealkylation sites (N-methyl/N-ethyl adjacent to an activating group) is 1. The Bertz CT molecular complexity index is 508. The summed E-state index contributed by atoms with van der Waals surface area (Å²) in [5.74, 6) is 0. The van der Waals surface area contributed by atoms with Gasteiger partial charge in [-0.1, -0.05) is 42.5 Å². The Balaban J connectivity index is 1.68. The molecule has 0 aliphatic carbocycles. The van der Waals surface area contributed by atoms with E-state index < -0.39 is 0 Å². The van der Waals surface area contributed by atoms with Crippen molar-refractivity contribution in [2.45, 2.75) is 26.4 Å². The zero-order valence-corrected chi connectivity index (χ0v) is 13.0. The zero-order chi connectivity index (χ0) is 14.9. The Hall–Kier alpha value is -1.72. The monoisotopic (exact) mass is 287 g/mol. The summed E-state index contributed by atoms with van der Waals surface area (Å²) in [7, 11) is 2.15. The predicted octanol–water partition coefficient (Wildman–Crippen LogP) is 1.56. The first-order valence-electron chi connectivity index (χ1n) is 7.60. The molecule has 5 heteroatoms. The summed E-state index contributed by atoms with van der Waals surface area (Å²) >= 11 is 0. The van der Waals surface area contributed by atoms with E-state index in [4.69, 9.17) is 0 Å². The Kier molecular flexibility index (Phi) is 6.37. The molecular formula is C16H25N5. The summed E-state index contributed by atoms with van der Waals surface area (Å²) in [6, 6.07) is 10.6. The molecule has 0 aliphatic rings. The Morgan fingerprint density at radius 2 is 2.00 bits per heavy atom. The van der Waals surface area contributed by atoms with Crippen molar-refractivity contribution < 1.29 is 0 Å². The van der Waals surface area contributed by atoms with Crippen molar-refractivity contribution in [1.29, 1.82) is 0 Å². The lowest BCUT2D eigenvalue weighted by molar-refractivity contribution is 0.314. The molecule has 0 saturated heterocycles. The van der Waals surface area contributed by atoms with Crippen LogP contribution in [0.3, 0.4) is 0 Å². The van der Waals surface area contributed by atoms with Crippen LogP contribution in [0.4, 0.5) is 0 Å². The van der Waals surface area contributed by atoms with Crippen molar-refractivity contribution in [2.24, 2.45) is 0 Å². The van der Waals surface area contributed by atoms with E-state index in [1.807, 2.05) is 10.9 Å². The minimum Gasteiger partial charge on any atom is -0.311 e. The molecule has 2 rings (SSSR count). The van der Waals surface area contributed by atoms with Crippen molar-refractivity contribution in [3.63, 3.8) is 0 Å². The minimum atomic E-state index is 0.792. The van der Waals surface area contributed by atoms with Crippen LogP contribution in [0.2, 0.25) is 0 Å². The second-order valence-corrected chi connectivity index (χ2v) is 5.29. The van der Waals surface area contributed by atoms with Gasteiger partial charge in [0.1, 0.15) is 0 Å². The normalized spacial score (nSPS) is 11.2. The summed E-state index contributed by atoms with van der Waals surface area (Å²) < 4.78 is 1.92. The molecular weight excluding hydrogens is 262 g/mol. The van der Waals surface area contributed by atoms with Gasteiger partial charge in [0.2, 0.25) is 0 Å². The number of rotatable bonds is 9. The molecule has 1 N–H and O–H groups in total. The van der Waals surface area contributed by atoms with E-state index >= 15 is 0 Å². The van der Waals surface area contributed by atoms with Crippen molar-refractivity contribution in [3.05, 3.63) is 47.8 Å². The number of nitrogens with zero attached hydrogens (tertiary/aromatic N) is 4. The Morgan fingerprint density at radius 3 is 2.76 bits per heavy atom. The highest BCUT2D eigenvalue weighted by Crippen LogP contribution is 2.01. The van der Waals surface area contributed by atoms with E-state index in [1.165, 1.54) is 5.56 Å². The van der Waals surface area contributed by atoms with Crippen LogP contribution in [0.25, 0.3) is 0 Å². The summed E-state index contributed by atoms with van der Waals surface area (Å²) in [6.45, 7) is 6.76. The fourth-order valence-electron chi connectivity index (χ4n) is 2.13. The second-order valence-electron chi connectivity index (χ2n) is 5.29. The lowest BCUT2D eigenvalue weighted by Gasteiger charge is -2.16. The van der Waals surface area contributed by atoms with Crippen LogP contribution in [0.1, 0.15) is 18.2 Å². The predicted molar refractivity (Wildman–Crippen MR) is 85.0 cm³/mol. The van der Waals surface area contributed by atoms with Gasteiger partial charge in [0.05, 0.1) is 12.2 Å². The molecule has 2 aromatic rings. The molecule has 0 amide bonds. The van der Waals surface area contributed by atoms with Gasteiger partial charge >= 0.3 is 0 Å². The van der Waals surface area contributed by atoms with E-state index in [2.05, 4.69) is 64.8 Å². The smallest absolute Gasteiger partial charge is 0.0964 e. The van der Waals surface area contributed by atoms with Gasteiger partial charge in [-0.15, -0.1) is 5.10 Å². The van der Waals surface area contributed by atoms with Crippen LogP contribution in [0.15, 0.2) is 36.5 Å². The molecule has 5 nitrogen and oxygen atoms in total. The van der Waals surface area contributed by atoms with E-state index in [1.54, 1.807) is 0 Å². The fraction of sp³-hybridized carbons (Fsp3) is 0.500. The lowest BCUT2D eigenvalue weighted by atomic mass is 10.1. The van der Waals surface area contributed by atoms with Gasteiger partial charge in [-0.25, -0.2) is 0 Å². The lowest BCUT2D eigenvalue weighted by Crippen LogP contribution is -2.25. The van der Waals surface area contributed by atoms with Crippen LogP contribution in [-0.4, -0.2) is 46.6 Å². The van der Waals surface area contributed by atoms with Gasteiger partial charge in [0, 0.05) is 25.8 Å². The van der Waals surface area contributed by atoms with Gasteiger partial charge in [-0.05, 0) is 25.6 Å². The summed E-state index contributed by atoms with van der Waals surface area (Å²) in [5.41, 5.74) is 2.39. The molecule has 0 radical (unpaired) electrons. The van der Waals surface area contributed by atoms with Crippen LogP contribution < -0.4 is 5.32 Å². The third-order valence-corrected chi connectivity index (χ3v) is 3.48. The zero-order valence-electron chi connectivity index (χ0n) is 13.0. The van der Waals surface area contributed by atoms with Gasteiger partial charge < -0.3 is 10.2 Å². The maximum absolute atomic E-state index is 4.16. The first-order valence-corrected chi connectivity index (χ1v) is 7.60. The van der Waals surface area contributed by atoms with Gasteiger partial charge in [0.25, 0.3) is 0 Å². The van der Waals surface area contributed by atoms with Crippen molar-refractivity contribution in [2.75, 3.05) is 26.7 Å². The highest BCUT2D eigenvalue weighted by Gasteiger charge is 2.03. The molecule has 0 atom stereocenters. The van der Waals surface area contributed by atoms with Crippen molar-refractivity contribution >= 4 is 0 Å². The summed E-state index contributed by atoms with van der Waals surface area (Å²) in [5, 5.41) is 11.6. The van der Waals surface area contributed by atoms with E-state index in [9.17, 15) is 0 Å². The highest BCUT2D eigenvalue weighted by atomic mass is 15.4. The SMILES string of the molecule is CCNCc1cn(CCN(C)CCc2ccccc2)nn1. The molecule has 0 bridgehead atoms. The maximum Gasteiger partial charge on any atom is 0.0964 e. The number of aromatic nitrogens is 3.